The van der Waals surface area contributed by atoms with Crippen LogP contribution in [0.1, 0.15) is 0 Å². The average molecular weight is 249 g/mol. The monoisotopic (exact) mass is 248 g/mol. The van der Waals surface area contributed by atoms with Gasteiger partial charge in [0.05, 0.1) is 7.32 Å². The SMILES string of the molecule is OB(O)O.OB(O)O.[O-]B([O-])O.[Zn+2]. The van der Waals surface area contributed by atoms with Gasteiger partial charge in [-0.15, -0.1) is 0 Å². The fourth-order valence-corrected chi connectivity index (χ4v) is 0. The molecule has 0 bridgehead atoms. The first-order chi connectivity index (χ1) is 5.20. The molecule has 0 aliphatic carbocycles. The number of rotatable bonds is 0. The quantitative estimate of drug-likeness (QED) is 0.204. The van der Waals surface area contributed by atoms with Crippen molar-refractivity contribution in [3.05, 3.63) is 0 Å². The molecule has 0 aliphatic rings. The molecule has 0 saturated heterocycles. The van der Waals surface area contributed by atoms with Gasteiger partial charge in [0.1, 0.15) is 0 Å². The Bertz CT molecular complexity index is 43.4. The molecule has 0 aliphatic heterocycles. The van der Waals surface area contributed by atoms with Crippen molar-refractivity contribution in [1.82, 2.24) is 0 Å². The first-order valence-corrected chi connectivity index (χ1v) is 2.28. The fourth-order valence-electron chi connectivity index (χ4n) is 0. The normalized spacial score (nSPS) is 6.23. The van der Waals surface area contributed by atoms with Gasteiger partial charge < -0.3 is 45.2 Å². The summed E-state index contributed by atoms with van der Waals surface area (Å²) in [5.41, 5.74) is 0. The minimum absolute atomic E-state index is 0. The van der Waals surface area contributed by atoms with E-state index in [-0.39, 0.29) is 19.5 Å². The third kappa shape index (κ3) is 6490. The van der Waals surface area contributed by atoms with Gasteiger partial charge in [-0.3, -0.25) is 0 Å². The summed E-state index contributed by atoms with van der Waals surface area (Å²) in [6.07, 6.45) is 0. The second-order valence-electron chi connectivity index (χ2n) is 1.000. The molecule has 0 saturated carbocycles. The summed E-state index contributed by atoms with van der Waals surface area (Å²) in [7, 11) is -7.00. The van der Waals surface area contributed by atoms with Gasteiger partial charge in [-0.2, -0.15) is 0 Å². The molecule has 13 heteroatoms. The van der Waals surface area contributed by atoms with Crippen LogP contribution in [0.3, 0.4) is 0 Å². The van der Waals surface area contributed by atoms with Crippen LogP contribution >= 0.6 is 0 Å². The molecule has 13 heavy (non-hydrogen) atoms. The zero-order valence-corrected chi connectivity index (χ0v) is 9.35. The summed E-state index contributed by atoms with van der Waals surface area (Å²) in [6, 6.07) is 0. The molecule has 0 aromatic heterocycles. The van der Waals surface area contributed by atoms with Crippen LogP contribution in [0, 0.1) is 0 Å². The van der Waals surface area contributed by atoms with E-state index in [1.54, 1.807) is 0 Å². The molecule has 0 heterocycles. The van der Waals surface area contributed by atoms with Crippen molar-refractivity contribution in [1.29, 1.82) is 0 Å². The Morgan fingerprint density at radius 2 is 0.615 bits per heavy atom. The van der Waals surface area contributed by atoms with E-state index in [4.69, 9.17) is 45.2 Å². The van der Waals surface area contributed by atoms with Gasteiger partial charge >= 0.3 is 34.1 Å². The zero-order valence-electron chi connectivity index (χ0n) is 6.39. The molecule has 0 aromatic carbocycles. The van der Waals surface area contributed by atoms with Crippen LogP contribution in [0.2, 0.25) is 0 Å². The third-order valence-corrected chi connectivity index (χ3v) is 0. The molecular formula is H7B3O9Zn. The molecule has 0 radical (unpaired) electrons. The minimum atomic E-state index is -2.67. The Hall–Kier alpha value is 0.458. The van der Waals surface area contributed by atoms with Crippen LogP contribution in [0.4, 0.5) is 0 Å². The van der Waals surface area contributed by atoms with Crippen molar-refractivity contribution in [2.24, 2.45) is 0 Å². The topological polar surface area (TPSA) is 188 Å². The van der Waals surface area contributed by atoms with E-state index < -0.39 is 22.0 Å². The standard InChI is InChI=1S/2BH3O3.BHO3.Zn/c3*2-1(3)4;/h2*2-4H;2H;/q;;-2;+2. The van der Waals surface area contributed by atoms with Crippen molar-refractivity contribution < 1.29 is 64.7 Å². The molecule has 0 aromatic rings. The summed E-state index contributed by atoms with van der Waals surface area (Å²) in [6.45, 7) is 0. The van der Waals surface area contributed by atoms with Crippen LogP contribution in [-0.2, 0) is 19.5 Å². The van der Waals surface area contributed by atoms with Crippen LogP contribution in [0.15, 0.2) is 0 Å². The maximum Gasteiger partial charge on any atom is 2.00 e. The molecule has 72 valence electrons. The minimum Gasteiger partial charge on any atom is -0.871 e. The van der Waals surface area contributed by atoms with E-state index in [0.29, 0.717) is 0 Å². The van der Waals surface area contributed by atoms with Crippen molar-refractivity contribution in [3.8, 4) is 0 Å². The van der Waals surface area contributed by atoms with E-state index in [1.165, 1.54) is 0 Å². The Morgan fingerprint density at radius 3 is 0.615 bits per heavy atom. The molecule has 0 amide bonds. The Morgan fingerprint density at radius 1 is 0.615 bits per heavy atom. The molecule has 9 nitrogen and oxygen atoms in total. The van der Waals surface area contributed by atoms with E-state index in [1.807, 2.05) is 0 Å². The van der Waals surface area contributed by atoms with Gasteiger partial charge in [-0.1, -0.05) is 0 Å². The predicted octanol–water partition coefficient (Wildman–Crippen LogP) is -7.42. The van der Waals surface area contributed by atoms with Crippen molar-refractivity contribution in [2.45, 2.75) is 0 Å². The largest absolute Gasteiger partial charge is 2.00 e. The molecule has 0 fully saturated rings. The summed E-state index contributed by atoms with van der Waals surface area (Å²) in [4.78, 5) is 0. The predicted molar refractivity (Wildman–Crippen MR) is 32.8 cm³/mol. The second kappa shape index (κ2) is 18.3. The van der Waals surface area contributed by atoms with Gasteiger partial charge in [0.2, 0.25) is 0 Å². The van der Waals surface area contributed by atoms with Gasteiger partial charge in [0.25, 0.3) is 0 Å². The molecule has 7 N–H and O–H groups in total. The van der Waals surface area contributed by atoms with Gasteiger partial charge in [0.15, 0.2) is 0 Å². The average Bonchev–Trinajstić information content (AvgIpc) is 1.54. The van der Waals surface area contributed by atoms with Crippen LogP contribution in [-0.4, -0.2) is 57.1 Å². The van der Waals surface area contributed by atoms with E-state index in [0.717, 1.165) is 0 Å². The van der Waals surface area contributed by atoms with Crippen LogP contribution in [0.5, 0.6) is 0 Å². The molecule has 0 atom stereocenters. The summed E-state index contributed by atoms with van der Waals surface area (Å²) in [5, 5.41) is 67.0. The Labute approximate surface area is 87.2 Å². The number of hydrogen-bond acceptors (Lipinski definition) is 9. The van der Waals surface area contributed by atoms with E-state index in [2.05, 4.69) is 0 Å². The molecule has 0 unspecified atom stereocenters. The van der Waals surface area contributed by atoms with Crippen molar-refractivity contribution >= 4 is 22.0 Å². The first-order valence-electron chi connectivity index (χ1n) is 2.28. The summed E-state index contributed by atoms with van der Waals surface area (Å²) >= 11 is 0. The number of hydrogen-bond donors (Lipinski definition) is 7. The fraction of sp³-hybridized carbons (Fsp3) is 0. The Balaban J connectivity index is -0.0000000450. The molecule has 0 spiro atoms. The van der Waals surface area contributed by atoms with E-state index in [9.17, 15) is 0 Å². The molecular weight excluding hydrogens is 242 g/mol. The van der Waals surface area contributed by atoms with Crippen LogP contribution in [0.25, 0.3) is 0 Å². The van der Waals surface area contributed by atoms with Gasteiger partial charge in [-0.05, 0) is 0 Å². The smallest absolute Gasteiger partial charge is 0.871 e. The second-order valence-corrected chi connectivity index (χ2v) is 1.000. The molecule has 0 rings (SSSR count). The first kappa shape index (κ1) is 23.3. The van der Waals surface area contributed by atoms with E-state index >= 15 is 0 Å². The maximum absolute atomic E-state index is 8.53. The maximum atomic E-state index is 8.53. The van der Waals surface area contributed by atoms with Crippen LogP contribution < -0.4 is 10.0 Å². The van der Waals surface area contributed by atoms with Gasteiger partial charge in [0, 0.05) is 0 Å². The Kier molecular flexibility index (Phi) is 32.8. The van der Waals surface area contributed by atoms with Gasteiger partial charge in [-0.25, -0.2) is 0 Å². The summed E-state index contributed by atoms with van der Waals surface area (Å²) in [5.74, 6) is 0. The van der Waals surface area contributed by atoms with Crippen molar-refractivity contribution in [3.63, 3.8) is 0 Å². The third-order valence-electron chi connectivity index (χ3n) is 0. The van der Waals surface area contributed by atoms with Crippen molar-refractivity contribution in [2.75, 3.05) is 0 Å². The summed E-state index contributed by atoms with van der Waals surface area (Å²) < 4.78 is 0. The zero-order chi connectivity index (χ0) is 10.7.